The van der Waals surface area contributed by atoms with Crippen LogP contribution in [0.4, 0.5) is 0 Å². The van der Waals surface area contributed by atoms with Gasteiger partial charge in [0.05, 0.1) is 5.25 Å². The van der Waals surface area contributed by atoms with Gasteiger partial charge in [-0.1, -0.05) is 11.8 Å². The molecule has 5 nitrogen and oxygen atoms in total. The molecule has 19 heavy (non-hydrogen) atoms. The molecular formula is C13H17NO4S. The molecular weight excluding hydrogens is 266 g/mol. The smallest absolute Gasteiger partial charge is 0.371 e. The van der Waals surface area contributed by atoms with Crippen LogP contribution in [0.3, 0.4) is 0 Å². The van der Waals surface area contributed by atoms with Gasteiger partial charge in [-0.25, -0.2) is 4.79 Å². The van der Waals surface area contributed by atoms with Crippen molar-refractivity contribution in [2.24, 2.45) is 0 Å². The predicted molar refractivity (Wildman–Crippen MR) is 71.4 cm³/mol. The Labute approximate surface area is 116 Å². The van der Waals surface area contributed by atoms with Crippen LogP contribution in [-0.4, -0.2) is 40.2 Å². The molecule has 1 atom stereocenters. The van der Waals surface area contributed by atoms with Gasteiger partial charge >= 0.3 is 5.97 Å². The SMILES string of the molecule is CC(Sc1ccc(C(=O)O)o1)C(=O)N1CCCCC1. The number of aromatic carboxylic acids is 1. The van der Waals surface area contributed by atoms with Gasteiger partial charge in [0.25, 0.3) is 0 Å². The highest BCUT2D eigenvalue weighted by atomic mass is 32.2. The van der Waals surface area contributed by atoms with Crippen molar-refractivity contribution in [2.75, 3.05) is 13.1 Å². The first-order valence-electron chi connectivity index (χ1n) is 6.36. The van der Waals surface area contributed by atoms with Gasteiger partial charge < -0.3 is 14.4 Å². The monoisotopic (exact) mass is 283 g/mol. The van der Waals surface area contributed by atoms with E-state index < -0.39 is 5.97 Å². The van der Waals surface area contributed by atoms with Gasteiger partial charge in [0.1, 0.15) is 0 Å². The van der Waals surface area contributed by atoms with Crippen molar-refractivity contribution in [2.45, 2.75) is 36.5 Å². The molecule has 0 saturated carbocycles. The predicted octanol–water partition coefficient (Wildman–Crippen LogP) is 2.47. The number of rotatable bonds is 4. The summed E-state index contributed by atoms with van der Waals surface area (Å²) in [6, 6.07) is 3.00. The van der Waals surface area contributed by atoms with Gasteiger partial charge in [0.15, 0.2) is 5.09 Å². The number of carboxylic acid groups (broad SMARTS) is 1. The summed E-state index contributed by atoms with van der Waals surface area (Å²) in [7, 11) is 0. The molecule has 0 aliphatic carbocycles. The van der Waals surface area contributed by atoms with E-state index in [-0.39, 0.29) is 16.9 Å². The number of carboxylic acids is 1. The first-order chi connectivity index (χ1) is 9.08. The number of carbonyl (C=O) groups is 2. The Balaban J connectivity index is 1.93. The number of hydrogen-bond donors (Lipinski definition) is 1. The molecule has 1 unspecified atom stereocenters. The van der Waals surface area contributed by atoms with Crippen LogP contribution < -0.4 is 0 Å². The third-order valence-electron chi connectivity index (χ3n) is 3.10. The average molecular weight is 283 g/mol. The molecule has 2 heterocycles. The van der Waals surface area contributed by atoms with E-state index in [1.165, 1.54) is 24.2 Å². The van der Waals surface area contributed by atoms with E-state index in [1.54, 1.807) is 6.07 Å². The van der Waals surface area contributed by atoms with E-state index in [0.717, 1.165) is 25.9 Å². The van der Waals surface area contributed by atoms with Crippen LogP contribution >= 0.6 is 11.8 Å². The van der Waals surface area contributed by atoms with E-state index in [2.05, 4.69) is 0 Å². The first kappa shape index (κ1) is 14.0. The van der Waals surface area contributed by atoms with Gasteiger partial charge in [0.2, 0.25) is 11.7 Å². The fourth-order valence-electron chi connectivity index (χ4n) is 2.09. The normalized spacial score (nSPS) is 17.2. The third kappa shape index (κ3) is 3.53. The molecule has 1 aromatic heterocycles. The van der Waals surface area contributed by atoms with Gasteiger partial charge in [0, 0.05) is 13.1 Å². The quantitative estimate of drug-likeness (QED) is 0.859. The first-order valence-corrected chi connectivity index (χ1v) is 7.24. The van der Waals surface area contributed by atoms with Crippen molar-refractivity contribution in [1.29, 1.82) is 0 Å². The Hall–Kier alpha value is -1.43. The number of piperidine rings is 1. The minimum Gasteiger partial charge on any atom is -0.475 e. The van der Waals surface area contributed by atoms with Crippen molar-refractivity contribution in [3.05, 3.63) is 17.9 Å². The average Bonchev–Trinajstić information content (AvgIpc) is 2.87. The minimum atomic E-state index is -1.10. The highest BCUT2D eigenvalue weighted by Crippen LogP contribution is 2.27. The van der Waals surface area contributed by atoms with Crippen molar-refractivity contribution in [3.63, 3.8) is 0 Å². The maximum atomic E-state index is 12.2. The lowest BCUT2D eigenvalue weighted by molar-refractivity contribution is -0.131. The van der Waals surface area contributed by atoms with Gasteiger partial charge in [-0.3, -0.25) is 4.79 Å². The summed E-state index contributed by atoms with van der Waals surface area (Å²) in [5, 5.41) is 8.98. The number of likely N-dealkylation sites (tertiary alicyclic amines) is 1. The topological polar surface area (TPSA) is 70.7 Å². The van der Waals surface area contributed by atoms with Crippen LogP contribution in [0.25, 0.3) is 0 Å². The Morgan fingerprint density at radius 3 is 2.58 bits per heavy atom. The molecule has 1 N–H and O–H groups in total. The molecule has 0 aromatic carbocycles. The van der Waals surface area contributed by atoms with Gasteiger partial charge in [-0.2, -0.15) is 0 Å². The van der Waals surface area contributed by atoms with Crippen LogP contribution in [0.1, 0.15) is 36.7 Å². The van der Waals surface area contributed by atoms with Crippen LogP contribution in [-0.2, 0) is 4.79 Å². The highest BCUT2D eigenvalue weighted by Gasteiger charge is 2.24. The van der Waals surface area contributed by atoms with E-state index in [9.17, 15) is 9.59 Å². The Morgan fingerprint density at radius 1 is 1.32 bits per heavy atom. The minimum absolute atomic E-state index is 0.0953. The zero-order chi connectivity index (χ0) is 13.8. The molecule has 1 amide bonds. The summed E-state index contributed by atoms with van der Waals surface area (Å²) in [5.74, 6) is -1.10. The summed E-state index contributed by atoms with van der Waals surface area (Å²) in [5.41, 5.74) is 0. The maximum Gasteiger partial charge on any atom is 0.371 e. The number of carbonyl (C=O) groups excluding carboxylic acids is 1. The standard InChI is InChI=1S/C13H17NO4S/c1-9(12(15)14-7-3-2-4-8-14)19-11-6-5-10(18-11)13(16)17/h5-6,9H,2-4,7-8H2,1H3,(H,16,17). The summed E-state index contributed by atoms with van der Waals surface area (Å²) in [6.07, 6.45) is 3.31. The van der Waals surface area contributed by atoms with Crippen molar-refractivity contribution in [1.82, 2.24) is 4.90 Å². The van der Waals surface area contributed by atoms with E-state index in [1.807, 2.05) is 11.8 Å². The van der Waals surface area contributed by atoms with Crippen LogP contribution in [0.2, 0.25) is 0 Å². The van der Waals surface area contributed by atoms with Crippen molar-refractivity contribution >= 4 is 23.6 Å². The van der Waals surface area contributed by atoms with Crippen molar-refractivity contribution < 1.29 is 19.1 Å². The Bertz CT molecular complexity index is 465. The molecule has 0 radical (unpaired) electrons. The zero-order valence-corrected chi connectivity index (χ0v) is 11.6. The number of thioether (sulfide) groups is 1. The molecule has 0 bridgehead atoms. The third-order valence-corrected chi connectivity index (χ3v) is 4.11. The molecule has 1 aliphatic rings. The molecule has 1 aromatic rings. The Morgan fingerprint density at radius 2 is 2.00 bits per heavy atom. The Kier molecular flexibility index (Phi) is 4.52. The van der Waals surface area contributed by atoms with E-state index >= 15 is 0 Å². The summed E-state index contributed by atoms with van der Waals surface area (Å²) >= 11 is 1.26. The summed E-state index contributed by atoms with van der Waals surface area (Å²) in [6.45, 7) is 3.47. The summed E-state index contributed by atoms with van der Waals surface area (Å²) in [4.78, 5) is 24.8. The number of furan rings is 1. The second-order valence-electron chi connectivity index (χ2n) is 4.57. The largest absolute Gasteiger partial charge is 0.475 e. The lowest BCUT2D eigenvalue weighted by Crippen LogP contribution is -2.40. The highest BCUT2D eigenvalue weighted by molar-refractivity contribution is 8.00. The molecule has 104 valence electrons. The van der Waals surface area contributed by atoms with E-state index in [0.29, 0.717) is 5.09 Å². The van der Waals surface area contributed by atoms with Crippen LogP contribution in [0, 0.1) is 0 Å². The molecule has 1 aliphatic heterocycles. The van der Waals surface area contributed by atoms with Gasteiger partial charge in [-0.05, 0) is 38.3 Å². The van der Waals surface area contributed by atoms with Gasteiger partial charge in [-0.15, -0.1) is 0 Å². The second-order valence-corrected chi connectivity index (χ2v) is 5.92. The van der Waals surface area contributed by atoms with Crippen molar-refractivity contribution in [3.8, 4) is 0 Å². The lowest BCUT2D eigenvalue weighted by Gasteiger charge is -2.28. The molecule has 1 saturated heterocycles. The number of nitrogens with zero attached hydrogens (tertiary/aromatic N) is 1. The fraction of sp³-hybridized carbons (Fsp3) is 0.538. The molecule has 2 rings (SSSR count). The molecule has 6 heteroatoms. The number of hydrogen-bond acceptors (Lipinski definition) is 4. The summed E-state index contributed by atoms with van der Waals surface area (Å²) < 4.78 is 5.15. The molecule has 0 spiro atoms. The lowest BCUT2D eigenvalue weighted by atomic mass is 10.1. The maximum absolute atomic E-state index is 12.2. The zero-order valence-electron chi connectivity index (χ0n) is 10.8. The fourth-order valence-corrected chi connectivity index (χ4v) is 2.98. The van der Waals surface area contributed by atoms with E-state index in [4.69, 9.17) is 9.52 Å². The van der Waals surface area contributed by atoms with Crippen LogP contribution in [0.5, 0.6) is 0 Å². The number of amides is 1. The van der Waals surface area contributed by atoms with Crippen LogP contribution in [0.15, 0.2) is 21.6 Å². The second kappa shape index (κ2) is 6.14. The molecule has 1 fully saturated rings.